The first-order valence-corrected chi connectivity index (χ1v) is 9.80. The van der Waals surface area contributed by atoms with Crippen LogP contribution in [0.2, 0.25) is 0 Å². The van der Waals surface area contributed by atoms with Gasteiger partial charge in [0.1, 0.15) is 10.1 Å². The summed E-state index contributed by atoms with van der Waals surface area (Å²) in [4.78, 5) is 21.8. The number of rotatable bonds is 8. The van der Waals surface area contributed by atoms with Gasteiger partial charge in [0, 0.05) is 23.8 Å². The van der Waals surface area contributed by atoms with Gasteiger partial charge in [-0.2, -0.15) is 0 Å². The zero-order valence-corrected chi connectivity index (χ0v) is 15.9. The van der Waals surface area contributed by atoms with Crippen molar-refractivity contribution in [2.24, 2.45) is 5.92 Å². The van der Waals surface area contributed by atoms with Crippen LogP contribution in [0.4, 0.5) is 0 Å². The Labute approximate surface area is 152 Å². The summed E-state index contributed by atoms with van der Waals surface area (Å²) >= 11 is 3.01. The fourth-order valence-electron chi connectivity index (χ4n) is 1.96. The average Bonchev–Trinajstić information content (AvgIpc) is 2.54. The van der Waals surface area contributed by atoms with Crippen molar-refractivity contribution in [2.45, 2.75) is 42.1 Å². The molecule has 0 aliphatic heterocycles. The second-order valence-corrected chi connectivity index (χ2v) is 7.93. The molecule has 1 heterocycles. The summed E-state index contributed by atoms with van der Waals surface area (Å²) in [7, 11) is 0. The van der Waals surface area contributed by atoms with Gasteiger partial charge in [0.05, 0.1) is 5.75 Å². The van der Waals surface area contributed by atoms with Gasteiger partial charge in [-0.05, 0) is 31.4 Å². The Morgan fingerprint density at radius 1 is 1.21 bits per heavy atom. The van der Waals surface area contributed by atoms with E-state index >= 15 is 0 Å². The van der Waals surface area contributed by atoms with E-state index in [0.29, 0.717) is 11.7 Å². The molecule has 0 radical (unpaired) electrons. The highest BCUT2D eigenvalue weighted by molar-refractivity contribution is 8.02. The lowest BCUT2D eigenvalue weighted by molar-refractivity contribution is -0.118. The molecule has 0 unspecified atom stereocenters. The number of hydrogen-bond donors (Lipinski definition) is 1. The van der Waals surface area contributed by atoms with E-state index in [4.69, 9.17) is 0 Å². The van der Waals surface area contributed by atoms with Crippen LogP contribution in [0, 0.1) is 12.8 Å². The van der Waals surface area contributed by atoms with Crippen LogP contribution in [-0.2, 0) is 4.79 Å². The number of hydrogen-bond acceptors (Lipinski definition) is 5. The summed E-state index contributed by atoms with van der Waals surface area (Å²) in [5.41, 5.74) is 1.21. The molecule has 0 bridgehead atoms. The van der Waals surface area contributed by atoms with Crippen molar-refractivity contribution in [2.75, 3.05) is 12.3 Å². The van der Waals surface area contributed by atoms with Gasteiger partial charge in [-0.25, -0.2) is 9.97 Å². The highest BCUT2D eigenvalue weighted by atomic mass is 32.2. The molecule has 1 amide bonds. The second kappa shape index (κ2) is 9.69. The third-order valence-electron chi connectivity index (χ3n) is 3.22. The molecule has 0 aliphatic rings. The Balaban J connectivity index is 1.92. The van der Waals surface area contributed by atoms with Gasteiger partial charge in [-0.15, -0.1) is 0 Å². The molecular weight excluding hydrogens is 338 g/mol. The number of benzene rings is 1. The standard InChI is InChI=1S/C18H23N3OS2/c1-13(2)7-8-19-16(22)12-23-17-18(21-10-9-20-17)24-15-6-4-5-14(3)11-15/h4-6,9-11,13H,7-8,12H2,1-3H3,(H,19,22). The topological polar surface area (TPSA) is 54.9 Å². The first-order valence-electron chi connectivity index (χ1n) is 7.99. The minimum Gasteiger partial charge on any atom is -0.355 e. The summed E-state index contributed by atoms with van der Waals surface area (Å²) in [6.07, 6.45) is 4.35. The zero-order chi connectivity index (χ0) is 17.4. The number of amides is 1. The molecule has 0 spiro atoms. The van der Waals surface area contributed by atoms with Crippen molar-refractivity contribution in [3.8, 4) is 0 Å². The SMILES string of the molecule is Cc1cccc(Sc2nccnc2SCC(=O)NCCC(C)C)c1. The quantitative estimate of drug-likeness (QED) is 0.715. The van der Waals surface area contributed by atoms with Gasteiger partial charge in [0.15, 0.2) is 0 Å². The predicted molar refractivity (Wildman–Crippen MR) is 101 cm³/mol. The van der Waals surface area contributed by atoms with Crippen LogP contribution < -0.4 is 5.32 Å². The molecule has 0 aliphatic carbocycles. The lowest BCUT2D eigenvalue weighted by Gasteiger charge is -2.08. The zero-order valence-electron chi connectivity index (χ0n) is 14.3. The van der Waals surface area contributed by atoms with Crippen LogP contribution in [-0.4, -0.2) is 28.2 Å². The molecule has 24 heavy (non-hydrogen) atoms. The van der Waals surface area contributed by atoms with Crippen LogP contribution in [0.15, 0.2) is 51.6 Å². The lowest BCUT2D eigenvalue weighted by atomic mass is 10.1. The molecule has 1 N–H and O–H groups in total. The smallest absolute Gasteiger partial charge is 0.230 e. The van der Waals surface area contributed by atoms with E-state index in [9.17, 15) is 4.79 Å². The molecule has 2 rings (SSSR count). The fraction of sp³-hybridized carbons (Fsp3) is 0.389. The monoisotopic (exact) mass is 361 g/mol. The third kappa shape index (κ3) is 6.53. The molecule has 0 saturated carbocycles. The minimum absolute atomic E-state index is 0.0396. The van der Waals surface area contributed by atoms with Crippen LogP contribution >= 0.6 is 23.5 Å². The number of nitrogens with zero attached hydrogens (tertiary/aromatic N) is 2. The molecule has 4 nitrogen and oxygen atoms in total. The van der Waals surface area contributed by atoms with Gasteiger partial charge < -0.3 is 5.32 Å². The van der Waals surface area contributed by atoms with Crippen LogP contribution in [0.1, 0.15) is 25.8 Å². The van der Waals surface area contributed by atoms with Gasteiger partial charge in [-0.3, -0.25) is 4.79 Å². The molecule has 1 aromatic heterocycles. The molecule has 2 aromatic rings. The van der Waals surface area contributed by atoms with Crippen molar-refractivity contribution >= 4 is 29.4 Å². The summed E-state index contributed by atoms with van der Waals surface area (Å²) in [5.74, 6) is 0.992. The van der Waals surface area contributed by atoms with Crippen LogP contribution in [0.5, 0.6) is 0 Å². The van der Waals surface area contributed by atoms with E-state index in [1.807, 2.05) is 6.07 Å². The Hall–Kier alpha value is -1.53. The lowest BCUT2D eigenvalue weighted by Crippen LogP contribution is -2.26. The summed E-state index contributed by atoms with van der Waals surface area (Å²) in [6.45, 7) is 7.09. The predicted octanol–water partition coefficient (Wildman–Crippen LogP) is 4.19. The van der Waals surface area contributed by atoms with Crippen LogP contribution in [0.25, 0.3) is 0 Å². The molecule has 6 heteroatoms. The summed E-state index contributed by atoms with van der Waals surface area (Å²) < 4.78 is 0. The van der Waals surface area contributed by atoms with E-state index in [0.717, 1.165) is 27.9 Å². The third-order valence-corrected chi connectivity index (χ3v) is 5.31. The van der Waals surface area contributed by atoms with E-state index in [1.54, 1.807) is 24.2 Å². The number of aromatic nitrogens is 2. The Morgan fingerprint density at radius 3 is 2.67 bits per heavy atom. The maximum atomic E-state index is 11.9. The highest BCUT2D eigenvalue weighted by Gasteiger charge is 2.10. The number of nitrogens with one attached hydrogen (secondary N) is 1. The molecule has 0 atom stereocenters. The van der Waals surface area contributed by atoms with E-state index in [-0.39, 0.29) is 5.91 Å². The number of carbonyl (C=O) groups is 1. The Kier molecular flexibility index (Phi) is 7.59. The average molecular weight is 362 g/mol. The van der Waals surface area contributed by atoms with Gasteiger partial charge in [-0.1, -0.05) is 55.1 Å². The summed E-state index contributed by atoms with van der Waals surface area (Å²) in [5, 5.41) is 4.58. The molecule has 0 saturated heterocycles. The number of aryl methyl sites for hydroxylation is 1. The first-order chi connectivity index (χ1) is 11.5. The van der Waals surface area contributed by atoms with Crippen LogP contribution in [0.3, 0.4) is 0 Å². The van der Waals surface area contributed by atoms with E-state index in [1.165, 1.54) is 17.3 Å². The highest BCUT2D eigenvalue weighted by Crippen LogP contribution is 2.32. The van der Waals surface area contributed by atoms with E-state index < -0.39 is 0 Å². The second-order valence-electron chi connectivity index (χ2n) is 5.91. The van der Waals surface area contributed by atoms with Gasteiger partial charge >= 0.3 is 0 Å². The van der Waals surface area contributed by atoms with Crippen molar-refractivity contribution in [3.05, 3.63) is 42.2 Å². The number of carbonyl (C=O) groups excluding carboxylic acids is 1. The van der Waals surface area contributed by atoms with Gasteiger partial charge in [0.25, 0.3) is 0 Å². The Morgan fingerprint density at radius 2 is 1.96 bits per heavy atom. The van der Waals surface area contributed by atoms with Crippen molar-refractivity contribution in [1.82, 2.24) is 15.3 Å². The first kappa shape index (κ1) is 18.8. The Bertz CT molecular complexity index is 677. The fourth-order valence-corrected chi connectivity index (χ4v) is 3.81. The molecule has 1 aromatic carbocycles. The van der Waals surface area contributed by atoms with Crippen molar-refractivity contribution in [3.63, 3.8) is 0 Å². The van der Waals surface area contributed by atoms with Crippen molar-refractivity contribution in [1.29, 1.82) is 0 Å². The number of thioether (sulfide) groups is 1. The minimum atomic E-state index is 0.0396. The van der Waals surface area contributed by atoms with Crippen molar-refractivity contribution < 1.29 is 4.79 Å². The maximum absolute atomic E-state index is 11.9. The normalized spacial score (nSPS) is 10.8. The molecule has 128 valence electrons. The maximum Gasteiger partial charge on any atom is 0.230 e. The van der Waals surface area contributed by atoms with E-state index in [2.05, 4.69) is 54.3 Å². The molecular formula is C18H23N3OS2. The summed E-state index contributed by atoms with van der Waals surface area (Å²) in [6, 6.07) is 8.27. The molecule has 0 fully saturated rings. The largest absolute Gasteiger partial charge is 0.355 e. The van der Waals surface area contributed by atoms with Gasteiger partial charge in [0.2, 0.25) is 5.91 Å².